The van der Waals surface area contributed by atoms with Crippen LogP contribution >= 0.6 is 11.3 Å². The minimum absolute atomic E-state index is 0.624. The van der Waals surface area contributed by atoms with Crippen molar-refractivity contribution in [3.8, 4) is 11.5 Å². The molecule has 3 fully saturated rings. The molecule has 2 aromatic heterocycles. The SMILES string of the molecule is c1sc(N2CCOCC2)nc1-c1nc(N2CCOCC2)nc(N2CCOCC2)n1. The van der Waals surface area contributed by atoms with Gasteiger partial charge in [0.1, 0.15) is 5.69 Å². The van der Waals surface area contributed by atoms with Gasteiger partial charge in [0.2, 0.25) is 11.9 Å². The molecule has 0 aromatic carbocycles. The van der Waals surface area contributed by atoms with Gasteiger partial charge >= 0.3 is 0 Å². The number of anilines is 3. The Morgan fingerprint density at radius 3 is 1.62 bits per heavy atom. The van der Waals surface area contributed by atoms with Crippen molar-refractivity contribution >= 4 is 28.4 Å². The van der Waals surface area contributed by atoms with Crippen molar-refractivity contribution in [3.63, 3.8) is 0 Å². The van der Waals surface area contributed by atoms with Crippen LogP contribution in [-0.2, 0) is 14.2 Å². The minimum Gasteiger partial charge on any atom is -0.378 e. The van der Waals surface area contributed by atoms with Crippen LogP contribution in [0.3, 0.4) is 0 Å². The standard InChI is InChI=1S/C18H25N7O3S/c1-7-26-8-2-23(1)16-20-15(21-17(22-16)24-3-9-27-10-4-24)14-13-29-18(19-14)25-5-11-28-12-6-25/h13H,1-12H2. The number of aromatic nitrogens is 4. The Morgan fingerprint density at radius 1 is 0.621 bits per heavy atom. The molecule has 0 aliphatic carbocycles. The van der Waals surface area contributed by atoms with E-state index in [1.165, 1.54) is 0 Å². The van der Waals surface area contributed by atoms with E-state index in [1.54, 1.807) is 11.3 Å². The summed E-state index contributed by atoms with van der Waals surface area (Å²) in [4.78, 5) is 25.7. The van der Waals surface area contributed by atoms with Crippen LogP contribution in [0.1, 0.15) is 0 Å². The van der Waals surface area contributed by atoms with Crippen LogP contribution in [0.15, 0.2) is 5.38 Å². The molecular weight excluding hydrogens is 394 g/mol. The molecule has 5 heterocycles. The molecule has 0 saturated carbocycles. The molecule has 0 unspecified atom stereocenters. The molecule has 10 nitrogen and oxygen atoms in total. The van der Waals surface area contributed by atoms with E-state index in [9.17, 15) is 0 Å². The third-order valence-electron chi connectivity index (χ3n) is 5.20. The third kappa shape index (κ3) is 4.27. The second-order valence-corrected chi connectivity index (χ2v) is 7.91. The molecule has 5 rings (SSSR count). The van der Waals surface area contributed by atoms with Gasteiger partial charge in [-0.25, -0.2) is 4.98 Å². The molecule has 3 saturated heterocycles. The number of morpholine rings is 3. The van der Waals surface area contributed by atoms with Crippen LogP contribution in [0.5, 0.6) is 0 Å². The topological polar surface area (TPSA) is 89.0 Å². The molecule has 3 aliphatic rings. The first kappa shape index (κ1) is 18.9. The second kappa shape index (κ2) is 8.74. The largest absolute Gasteiger partial charge is 0.378 e. The average Bonchev–Trinajstić information content (AvgIpc) is 3.31. The van der Waals surface area contributed by atoms with Crippen molar-refractivity contribution in [1.29, 1.82) is 0 Å². The van der Waals surface area contributed by atoms with Gasteiger partial charge in [-0.05, 0) is 0 Å². The summed E-state index contributed by atoms with van der Waals surface area (Å²) < 4.78 is 16.4. The van der Waals surface area contributed by atoms with Gasteiger partial charge in [0, 0.05) is 44.6 Å². The maximum atomic E-state index is 5.49. The second-order valence-electron chi connectivity index (χ2n) is 7.07. The van der Waals surface area contributed by atoms with E-state index in [1.807, 2.05) is 5.38 Å². The summed E-state index contributed by atoms with van der Waals surface area (Å²) in [6.45, 7) is 9.07. The molecule has 11 heteroatoms. The Hall–Kier alpha value is -2.08. The zero-order valence-corrected chi connectivity index (χ0v) is 17.1. The fraction of sp³-hybridized carbons (Fsp3) is 0.667. The predicted octanol–water partition coefficient (Wildman–Crippen LogP) is 0.505. The third-order valence-corrected chi connectivity index (χ3v) is 6.10. The van der Waals surface area contributed by atoms with Crippen LogP contribution < -0.4 is 14.7 Å². The van der Waals surface area contributed by atoms with E-state index in [4.69, 9.17) is 34.1 Å². The van der Waals surface area contributed by atoms with Gasteiger partial charge < -0.3 is 28.9 Å². The van der Waals surface area contributed by atoms with Crippen molar-refractivity contribution in [2.75, 3.05) is 93.6 Å². The molecular formula is C18H25N7O3S. The minimum atomic E-state index is 0.624. The first-order valence-electron chi connectivity index (χ1n) is 10.1. The van der Waals surface area contributed by atoms with Crippen LogP contribution in [0, 0.1) is 0 Å². The van der Waals surface area contributed by atoms with Gasteiger partial charge in [-0.3, -0.25) is 0 Å². The molecule has 0 N–H and O–H groups in total. The van der Waals surface area contributed by atoms with Crippen LogP contribution in [0.4, 0.5) is 17.0 Å². The molecule has 0 bridgehead atoms. The van der Waals surface area contributed by atoms with Crippen molar-refractivity contribution < 1.29 is 14.2 Å². The molecule has 0 radical (unpaired) electrons. The van der Waals surface area contributed by atoms with Gasteiger partial charge in [0.05, 0.1) is 39.6 Å². The van der Waals surface area contributed by atoms with E-state index in [0.717, 1.165) is 63.3 Å². The number of ether oxygens (including phenoxy) is 3. The van der Waals surface area contributed by atoms with E-state index in [2.05, 4.69) is 14.7 Å². The highest BCUT2D eigenvalue weighted by atomic mass is 32.1. The van der Waals surface area contributed by atoms with Crippen molar-refractivity contribution in [2.45, 2.75) is 0 Å². The Labute approximate surface area is 173 Å². The molecule has 2 aromatic rings. The smallest absolute Gasteiger partial charge is 0.230 e. The van der Waals surface area contributed by atoms with Gasteiger partial charge in [0.15, 0.2) is 11.0 Å². The fourth-order valence-corrected chi connectivity index (χ4v) is 4.40. The maximum absolute atomic E-state index is 5.49. The van der Waals surface area contributed by atoms with E-state index in [-0.39, 0.29) is 0 Å². The Kier molecular flexibility index (Phi) is 5.70. The number of thiazole rings is 1. The number of rotatable bonds is 4. The van der Waals surface area contributed by atoms with Crippen molar-refractivity contribution in [3.05, 3.63) is 5.38 Å². The highest BCUT2D eigenvalue weighted by Crippen LogP contribution is 2.28. The summed E-state index contributed by atoms with van der Waals surface area (Å²) in [5, 5.41) is 3.02. The van der Waals surface area contributed by atoms with Crippen LogP contribution in [0.25, 0.3) is 11.5 Å². The van der Waals surface area contributed by atoms with Gasteiger partial charge in [-0.2, -0.15) is 15.0 Å². The lowest BCUT2D eigenvalue weighted by Crippen LogP contribution is -2.40. The summed E-state index contributed by atoms with van der Waals surface area (Å²) in [7, 11) is 0. The van der Waals surface area contributed by atoms with E-state index >= 15 is 0 Å². The van der Waals surface area contributed by atoms with E-state index < -0.39 is 0 Å². The highest BCUT2D eigenvalue weighted by Gasteiger charge is 2.23. The molecule has 156 valence electrons. The monoisotopic (exact) mass is 419 g/mol. The normalized spacial score (nSPS) is 20.9. The highest BCUT2D eigenvalue weighted by molar-refractivity contribution is 7.14. The maximum Gasteiger partial charge on any atom is 0.230 e. The van der Waals surface area contributed by atoms with Crippen molar-refractivity contribution in [2.24, 2.45) is 0 Å². The number of hydrogen-bond acceptors (Lipinski definition) is 11. The van der Waals surface area contributed by atoms with E-state index in [0.29, 0.717) is 44.1 Å². The lowest BCUT2D eigenvalue weighted by molar-refractivity contribution is 0.121. The zero-order chi connectivity index (χ0) is 19.5. The Balaban J connectivity index is 1.46. The number of nitrogens with zero attached hydrogens (tertiary/aromatic N) is 7. The fourth-order valence-electron chi connectivity index (χ4n) is 3.54. The molecule has 29 heavy (non-hydrogen) atoms. The van der Waals surface area contributed by atoms with Gasteiger partial charge in [0.25, 0.3) is 0 Å². The lowest BCUT2D eigenvalue weighted by Gasteiger charge is -2.30. The first-order chi connectivity index (χ1) is 14.4. The summed E-state index contributed by atoms with van der Waals surface area (Å²) in [6, 6.07) is 0. The molecule has 3 aliphatic heterocycles. The van der Waals surface area contributed by atoms with Gasteiger partial charge in [-0.15, -0.1) is 11.3 Å². The van der Waals surface area contributed by atoms with Crippen LogP contribution in [-0.4, -0.2) is 98.8 Å². The first-order valence-corrected chi connectivity index (χ1v) is 10.9. The molecule has 0 spiro atoms. The summed E-state index contributed by atoms with van der Waals surface area (Å²) in [5.74, 6) is 2.01. The quantitative estimate of drug-likeness (QED) is 0.698. The van der Waals surface area contributed by atoms with Crippen molar-refractivity contribution in [1.82, 2.24) is 19.9 Å². The van der Waals surface area contributed by atoms with Gasteiger partial charge in [-0.1, -0.05) is 0 Å². The average molecular weight is 420 g/mol. The number of hydrogen-bond donors (Lipinski definition) is 0. The Morgan fingerprint density at radius 2 is 1.10 bits per heavy atom. The summed E-state index contributed by atoms with van der Waals surface area (Å²) >= 11 is 1.63. The summed E-state index contributed by atoms with van der Waals surface area (Å²) in [5.41, 5.74) is 0.794. The molecule has 0 atom stereocenters. The predicted molar refractivity (Wildman–Crippen MR) is 110 cm³/mol. The summed E-state index contributed by atoms with van der Waals surface area (Å²) in [6.07, 6.45) is 0. The lowest BCUT2D eigenvalue weighted by atomic mass is 10.4. The zero-order valence-electron chi connectivity index (χ0n) is 16.3. The molecule has 0 amide bonds. The van der Waals surface area contributed by atoms with Crippen LogP contribution in [0.2, 0.25) is 0 Å². The Bertz CT molecular complexity index is 781.